The zero-order valence-electron chi connectivity index (χ0n) is 42.1. The average Bonchev–Trinajstić information content (AvgIpc) is 3.57. The molecule has 1 unspecified atom stereocenters. The van der Waals surface area contributed by atoms with Crippen molar-refractivity contribution in [2.24, 2.45) is 5.92 Å². The predicted octanol–water partition coefficient (Wildman–Crippen LogP) is 15.3. The average molecular weight is 1060 g/mol. The van der Waals surface area contributed by atoms with Gasteiger partial charge in [0, 0.05) is 0 Å². The van der Waals surface area contributed by atoms with E-state index in [2.05, 4.69) is 278 Å². The first-order chi connectivity index (χ1) is 34.3. The molecule has 0 radical (unpaired) electrons. The Bertz CT molecular complexity index is 2790. The monoisotopic (exact) mass is 1060 g/mol. The Morgan fingerprint density at radius 1 is 0.301 bits per heavy atom. The summed E-state index contributed by atoms with van der Waals surface area (Å²) in [6, 6.07) is 90.1. The van der Waals surface area contributed by atoms with Crippen LogP contribution in [0.5, 0.6) is 0 Å². The van der Waals surface area contributed by atoms with Crippen LogP contribution in [0.4, 0.5) is 0 Å². The van der Waals surface area contributed by atoms with Gasteiger partial charge in [0.25, 0.3) is 0 Å². The molecule has 365 valence electrons. The summed E-state index contributed by atoms with van der Waals surface area (Å²) in [6.07, 6.45) is 5.20. The largest absolute Gasteiger partial charge is 0.147 e. The van der Waals surface area contributed by atoms with E-state index in [-0.39, 0.29) is 43.1 Å². The predicted molar refractivity (Wildman–Crippen MR) is 316 cm³/mol. The van der Waals surface area contributed by atoms with Crippen molar-refractivity contribution in [1.29, 1.82) is 0 Å². The van der Waals surface area contributed by atoms with Gasteiger partial charge < -0.3 is 0 Å². The molecule has 0 fully saturated rings. The third kappa shape index (κ3) is 12.8. The van der Waals surface area contributed by atoms with Gasteiger partial charge in [-0.25, -0.2) is 0 Å². The maximum absolute atomic E-state index is 3.25. The molecule has 0 nitrogen and oxygen atoms in total. The maximum Gasteiger partial charge on any atom is -0.147 e. The molecular formula is C68H64Cl3SiTi. The van der Waals surface area contributed by atoms with E-state index in [1.165, 1.54) is 97.3 Å². The zero-order valence-corrected chi connectivity index (χ0v) is 47.1. The van der Waals surface area contributed by atoms with Crippen LogP contribution < -0.4 is 15.6 Å². The van der Waals surface area contributed by atoms with Crippen LogP contribution in [0.15, 0.2) is 257 Å². The third-order valence-electron chi connectivity index (χ3n) is 14.6. The smallest absolute Gasteiger partial charge is 0.147 e. The summed E-state index contributed by atoms with van der Waals surface area (Å²) in [5.74, 6) is 0.257. The fraction of sp³-hybridized carbons (Fsp3) is 0.147. The minimum atomic E-state index is -3.25. The molecule has 0 heterocycles. The fourth-order valence-electron chi connectivity index (χ4n) is 11.3. The molecule has 73 heavy (non-hydrogen) atoms. The maximum atomic E-state index is 2.66. The molecule has 9 aromatic rings. The van der Waals surface area contributed by atoms with Crippen molar-refractivity contribution in [1.82, 2.24) is 0 Å². The van der Waals surface area contributed by atoms with E-state index in [0.29, 0.717) is 0 Å². The van der Waals surface area contributed by atoms with Crippen molar-refractivity contribution in [3.63, 3.8) is 0 Å². The molecule has 0 aliphatic heterocycles. The van der Waals surface area contributed by atoms with Gasteiger partial charge in [0.2, 0.25) is 0 Å². The molecule has 1 aliphatic carbocycles. The van der Waals surface area contributed by atoms with Crippen LogP contribution in [-0.4, -0.2) is 8.07 Å². The van der Waals surface area contributed by atoms with Crippen molar-refractivity contribution in [3.05, 3.63) is 324 Å². The van der Waals surface area contributed by atoms with E-state index < -0.39 is 8.07 Å². The minimum Gasteiger partial charge on any atom is -0.147 e. The van der Waals surface area contributed by atoms with Crippen molar-refractivity contribution in [2.45, 2.75) is 59.3 Å². The van der Waals surface area contributed by atoms with Crippen LogP contribution in [0, 0.1) is 5.92 Å². The second-order valence-electron chi connectivity index (χ2n) is 19.6. The van der Waals surface area contributed by atoms with E-state index in [1.807, 2.05) is 0 Å². The Labute approximate surface area is 466 Å². The fourth-order valence-corrected chi connectivity index (χ4v) is 17.9. The summed E-state index contributed by atoms with van der Waals surface area (Å²) in [5, 5.41) is 6.04. The van der Waals surface area contributed by atoms with Crippen LogP contribution >= 0.6 is 37.2 Å². The van der Waals surface area contributed by atoms with E-state index in [4.69, 9.17) is 0 Å². The SMILES string of the molecule is CC1=[C]([Ti])C(C)C([Si](c2cc(Cc3ccccc3)cc(Cc3ccccc3)c2)(c2cc(Cc3ccccc3)cc(Cc3ccccc3)c2)c2cc(Cc3ccccc3)cc(Cc3ccccc3)c2)=C1C.Cl.Cl.Cl. The van der Waals surface area contributed by atoms with E-state index in [1.54, 1.807) is 5.20 Å². The van der Waals surface area contributed by atoms with E-state index in [9.17, 15) is 0 Å². The van der Waals surface area contributed by atoms with Gasteiger partial charge in [-0.2, -0.15) is 0 Å². The van der Waals surface area contributed by atoms with Crippen LogP contribution in [0.25, 0.3) is 0 Å². The molecule has 0 bridgehead atoms. The standard InChI is InChI=1S/C68H61Si.3ClH.Ti/c1-50-34-51(2)68(52(50)3)69(65-44-59(35-53-22-10-4-11-23-53)41-60(45-65)36-54-24-12-5-13-25-54,66-46-61(37-55-26-14-6-15-27-55)42-62(47-66)38-56-28-16-7-17-29-56)67-48-63(39-57-30-18-8-19-31-57)43-64(49-67)40-58-32-20-9-21-33-58;;;;/h4-33,41-49,51H,35-40H2,1-3H3;3*1H;. The molecule has 1 aliphatic rings. The molecule has 0 spiro atoms. The number of rotatable bonds is 16. The molecule has 0 amide bonds. The zero-order chi connectivity index (χ0) is 47.9. The van der Waals surface area contributed by atoms with Gasteiger partial charge in [-0.3, -0.25) is 0 Å². The second kappa shape index (κ2) is 25.5. The van der Waals surface area contributed by atoms with Crippen molar-refractivity contribution < 1.29 is 20.4 Å². The van der Waals surface area contributed by atoms with Gasteiger partial charge in [0.05, 0.1) is 0 Å². The van der Waals surface area contributed by atoms with Crippen molar-refractivity contribution in [2.75, 3.05) is 0 Å². The first-order valence-corrected chi connectivity index (χ1v) is 27.8. The Balaban J connectivity index is 0.00000260. The number of benzene rings is 9. The van der Waals surface area contributed by atoms with Crippen LogP contribution in [0.1, 0.15) is 87.5 Å². The second-order valence-corrected chi connectivity index (χ2v) is 24.2. The van der Waals surface area contributed by atoms with E-state index in [0.717, 1.165) is 38.5 Å². The first-order valence-electron chi connectivity index (χ1n) is 25.1. The molecule has 0 saturated heterocycles. The van der Waals surface area contributed by atoms with E-state index >= 15 is 0 Å². The van der Waals surface area contributed by atoms with Gasteiger partial charge in [0.15, 0.2) is 0 Å². The third-order valence-corrected chi connectivity index (χ3v) is 20.9. The van der Waals surface area contributed by atoms with Gasteiger partial charge in [0.1, 0.15) is 0 Å². The molecule has 9 aromatic carbocycles. The van der Waals surface area contributed by atoms with Gasteiger partial charge in [-0.05, 0) is 0 Å². The number of halogens is 3. The quantitative estimate of drug-likeness (QED) is 0.0668. The topological polar surface area (TPSA) is 0 Å². The van der Waals surface area contributed by atoms with Crippen LogP contribution in [0.2, 0.25) is 0 Å². The molecule has 0 aromatic heterocycles. The molecule has 1 atom stereocenters. The van der Waals surface area contributed by atoms with Gasteiger partial charge in [-0.15, -0.1) is 37.2 Å². The number of hydrogen-bond donors (Lipinski definition) is 0. The molecule has 5 heteroatoms. The van der Waals surface area contributed by atoms with Crippen LogP contribution in [-0.2, 0) is 59.0 Å². The molecular weight excluding hydrogens is 999 g/mol. The number of allylic oxidation sites excluding steroid dienone is 4. The molecule has 0 saturated carbocycles. The van der Waals surface area contributed by atoms with Crippen molar-refractivity contribution in [3.8, 4) is 0 Å². The summed E-state index contributed by atoms with van der Waals surface area (Å²) < 4.78 is 1.49. The van der Waals surface area contributed by atoms with Crippen molar-refractivity contribution >= 4 is 60.9 Å². The minimum absolute atomic E-state index is 0. The van der Waals surface area contributed by atoms with Crippen LogP contribution in [0.3, 0.4) is 0 Å². The Kier molecular flexibility index (Phi) is 19.2. The Hall–Kier alpha value is -5.74. The van der Waals surface area contributed by atoms with Gasteiger partial charge >= 0.3 is 433 Å². The molecule has 0 N–H and O–H groups in total. The summed E-state index contributed by atoms with van der Waals surface area (Å²) in [5.41, 5.74) is 19.1. The number of hydrogen-bond acceptors (Lipinski definition) is 0. The summed E-state index contributed by atoms with van der Waals surface area (Å²) in [6.45, 7) is 7.36. The van der Waals surface area contributed by atoms with Gasteiger partial charge in [-0.1, -0.05) is 0 Å². The molecule has 10 rings (SSSR count). The first kappa shape index (κ1) is 55.0. The Morgan fingerprint density at radius 3 is 0.685 bits per heavy atom. The summed E-state index contributed by atoms with van der Waals surface area (Å²) >= 11 is 2.40. The normalized spacial score (nSPS) is 13.2. The summed E-state index contributed by atoms with van der Waals surface area (Å²) in [7, 11) is -3.25. The summed E-state index contributed by atoms with van der Waals surface area (Å²) in [4.78, 5) is 0. The Morgan fingerprint density at radius 2 is 0.507 bits per heavy atom.